The number of hydrogen-bond donors (Lipinski definition) is 0. The lowest BCUT2D eigenvalue weighted by molar-refractivity contribution is 0.0858. The minimum atomic E-state index is -0.896. The lowest BCUT2D eigenvalue weighted by Gasteiger charge is -2.08. The van der Waals surface area contributed by atoms with E-state index in [0.29, 0.717) is 5.75 Å². The molecule has 0 unspecified atom stereocenters. The Morgan fingerprint density at radius 1 is 0.962 bits per heavy atom. The fraction of sp³-hybridized carbons (Fsp3) is 0.100. The molecule has 0 aliphatic carbocycles. The van der Waals surface area contributed by atoms with Gasteiger partial charge in [0.05, 0.1) is 0 Å². The summed E-state index contributed by atoms with van der Waals surface area (Å²) in [6.07, 6.45) is -0.896. The van der Waals surface area contributed by atoms with Crippen molar-refractivity contribution in [2.24, 2.45) is 0 Å². The second-order valence-electron chi connectivity index (χ2n) is 5.74. The number of rotatable bonds is 3. The van der Waals surface area contributed by atoms with Gasteiger partial charge in [-0.05, 0) is 40.6 Å². The molecule has 4 aromatic rings. The predicted octanol–water partition coefficient (Wildman–Crippen LogP) is 4.56. The summed E-state index contributed by atoms with van der Waals surface area (Å²) in [5, 5.41) is 4.19. The number of hydrogen-bond acceptors (Lipinski definition) is 6. The molecule has 6 heteroatoms. The van der Waals surface area contributed by atoms with Crippen molar-refractivity contribution >= 4 is 27.7 Å². The van der Waals surface area contributed by atoms with Crippen LogP contribution in [0.1, 0.15) is 11.5 Å². The van der Waals surface area contributed by atoms with Crippen LogP contribution in [-0.2, 0) is 11.3 Å². The topological polar surface area (TPSA) is 78.9 Å². The normalized spacial score (nSPS) is 11.0. The summed E-state index contributed by atoms with van der Waals surface area (Å²) in [7, 11) is 0. The Kier molecular flexibility index (Phi) is 3.93. The molecule has 0 amide bonds. The summed E-state index contributed by atoms with van der Waals surface area (Å²) in [4.78, 5) is 22.9. The molecule has 0 spiro atoms. The first-order valence-corrected chi connectivity index (χ1v) is 7.96. The molecule has 26 heavy (non-hydrogen) atoms. The van der Waals surface area contributed by atoms with Crippen molar-refractivity contribution in [2.45, 2.75) is 13.5 Å². The van der Waals surface area contributed by atoms with E-state index in [1.54, 1.807) is 19.1 Å². The molecular formula is C20H14O6. The van der Waals surface area contributed by atoms with Crippen molar-refractivity contribution in [2.75, 3.05) is 0 Å². The standard InChI is InChI=1S/C20H14O6/c1-12-18(26-20(22)24-12)11-23-19(21)25-15-9-8-14-7-6-13-4-2-3-5-16(13)17(14)10-15/h2-10H,11H2,1H3. The summed E-state index contributed by atoms with van der Waals surface area (Å²) >= 11 is 0. The van der Waals surface area contributed by atoms with E-state index in [4.69, 9.17) is 18.3 Å². The Labute approximate surface area is 147 Å². The molecule has 0 atom stereocenters. The zero-order chi connectivity index (χ0) is 18.1. The summed E-state index contributed by atoms with van der Waals surface area (Å²) in [5.74, 6) is -0.0588. The van der Waals surface area contributed by atoms with E-state index >= 15 is 0 Å². The molecule has 6 nitrogen and oxygen atoms in total. The minimum Gasteiger partial charge on any atom is -0.426 e. The Hall–Kier alpha value is -3.54. The van der Waals surface area contributed by atoms with E-state index in [2.05, 4.69) is 0 Å². The molecule has 0 saturated carbocycles. The predicted molar refractivity (Wildman–Crippen MR) is 94.2 cm³/mol. The van der Waals surface area contributed by atoms with Crippen LogP contribution in [0.3, 0.4) is 0 Å². The van der Waals surface area contributed by atoms with Crippen LogP contribution in [0.5, 0.6) is 5.75 Å². The largest absolute Gasteiger partial charge is 0.519 e. The molecule has 0 aliphatic heterocycles. The van der Waals surface area contributed by atoms with Gasteiger partial charge in [0, 0.05) is 0 Å². The van der Waals surface area contributed by atoms with Crippen LogP contribution in [0.25, 0.3) is 21.5 Å². The summed E-state index contributed by atoms with van der Waals surface area (Å²) in [5.41, 5.74) is 0. The number of carbonyl (C=O) groups is 1. The van der Waals surface area contributed by atoms with Gasteiger partial charge in [0.1, 0.15) is 5.75 Å². The Balaban J connectivity index is 1.55. The second-order valence-corrected chi connectivity index (χ2v) is 5.74. The van der Waals surface area contributed by atoms with Gasteiger partial charge < -0.3 is 18.3 Å². The van der Waals surface area contributed by atoms with Crippen LogP contribution >= 0.6 is 0 Å². The van der Waals surface area contributed by atoms with Crippen molar-refractivity contribution in [3.05, 3.63) is 76.7 Å². The van der Waals surface area contributed by atoms with Crippen LogP contribution in [-0.4, -0.2) is 6.16 Å². The van der Waals surface area contributed by atoms with Gasteiger partial charge in [-0.2, -0.15) is 0 Å². The van der Waals surface area contributed by atoms with E-state index in [-0.39, 0.29) is 18.1 Å². The average molecular weight is 350 g/mol. The second kappa shape index (κ2) is 6.40. The average Bonchev–Trinajstić information content (AvgIpc) is 2.97. The van der Waals surface area contributed by atoms with Gasteiger partial charge in [-0.1, -0.05) is 42.5 Å². The van der Waals surface area contributed by atoms with Crippen LogP contribution in [0.15, 0.2) is 68.2 Å². The van der Waals surface area contributed by atoms with E-state index in [0.717, 1.165) is 21.5 Å². The van der Waals surface area contributed by atoms with E-state index in [1.807, 2.05) is 42.5 Å². The molecule has 1 heterocycles. The van der Waals surface area contributed by atoms with Crippen molar-refractivity contribution in [3.63, 3.8) is 0 Å². The molecule has 0 aliphatic rings. The fourth-order valence-corrected chi connectivity index (χ4v) is 2.80. The number of ether oxygens (including phenoxy) is 2. The molecule has 0 fully saturated rings. The maximum Gasteiger partial charge on any atom is 0.519 e. The van der Waals surface area contributed by atoms with Crippen molar-refractivity contribution in [1.29, 1.82) is 0 Å². The zero-order valence-corrected chi connectivity index (χ0v) is 13.9. The van der Waals surface area contributed by atoms with Crippen LogP contribution in [0.4, 0.5) is 4.79 Å². The summed E-state index contributed by atoms with van der Waals surface area (Å²) in [6.45, 7) is 1.30. The maximum atomic E-state index is 11.9. The van der Waals surface area contributed by atoms with E-state index in [1.165, 1.54) is 0 Å². The number of carbonyl (C=O) groups excluding carboxylic acids is 1. The highest BCUT2D eigenvalue weighted by Gasteiger charge is 2.13. The maximum absolute atomic E-state index is 11.9. The lowest BCUT2D eigenvalue weighted by atomic mass is 10.0. The monoisotopic (exact) mass is 350 g/mol. The van der Waals surface area contributed by atoms with Gasteiger partial charge in [-0.3, -0.25) is 0 Å². The van der Waals surface area contributed by atoms with Gasteiger partial charge in [-0.25, -0.2) is 9.59 Å². The van der Waals surface area contributed by atoms with Gasteiger partial charge >= 0.3 is 12.0 Å². The van der Waals surface area contributed by atoms with Crippen LogP contribution in [0, 0.1) is 6.92 Å². The first-order chi connectivity index (χ1) is 12.6. The van der Waals surface area contributed by atoms with E-state index in [9.17, 15) is 9.59 Å². The smallest absolute Gasteiger partial charge is 0.426 e. The third-order valence-corrected chi connectivity index (χ3v) is 4.08. The molecule has 0 saturated heterocycles. The quantitative estimate of drug-likeness (QED) is 0.306. The van der Waals surface area contributed by atoms with Crippen molar-refractivity contribution in [1.82, 2.24) is 0 Å². The van der Waals surface area contributed by atoms with Crippen LogP contribution < -0.4 is 10.6 Å². The molecular weight excluding hydrogens is 336 g/mol. The van der Waals surface area contributed by atoms with Gasteiger partial charge in [0.25, 0.3) is 0 Å². The number of benzene rings is 3. The first kappa shape index (κ1) is 16.0. The molecule has 1 aromatic heterocycles. The molecule has 0 radical (unpaired) electrons. The van der Waals surface area contributed by atoms with Crippen LogP contribution in [0.2, 0.25) is 0 Å². The Morgan fingerprint density at radius 2 is 1.69 bits per heavy atom. The van der Waals surface area contributed by atoms with Crippen molar-refractivity contribution < 1.29 is 23.1 Å². The summed E-state index contributed by atoms with van der Waals surface area (Å²) in [6, 6.07) is 17.4. The number of aryl methyl sites for hydroxylation is 1. The lowest BCUT2D eigenvalue weighted by Crippen LogP contribution is -2.10. The SMILES string of the molecule is Cc1oc(=O)oc1COC(=O)Oc1ccc2ccc3ccccc3c2c1. The first-order valence-electron chi connectivity index (χ1n) is 7.96. The summed E-state index contributed by atoms with van der Waals surface area (Å²) < 4.78 is 19.7. The molecule has 130 valence electrons. The van der Waals surface area contributed by atoms with Gasteiger partial charge in [0.2, 0.25) is 0 Å². The molecule has 0 bridgehead atoms. The minimum absolute atomic E-state index is 0.149. The van der Waals surface area contributed by atoms with Gasteiger partial charge in [0.15, 0.2) is 18.1 Å². The Morgan fingerprint density at radius 3 is 2.46 bits per heavy atom. The van der Waals surface area contributed by atoms with Crippen molar-refractivity contribution in [3.8, 4) is 5.75 Å². The van der Waals surface area contributed by atoms with E-state index < -0.39 is 12.0 Å². The third kappa shape index (κ3) is 3.04. The zero-order valence-electron chi connectivity index (χ0n) is 13.9. The number of fused-ring (bicyclic) bond motifs is 3. The Bertz CT molecular complexity index is 1170. The van der Waals surface area contributed by atoms with Gasteiger partial charge in [-0.15, -0.1) is 0 Å². The fourth-order valence-electron chi connectivity index (χ4n) is 2.80. The third-order valence-electron chi connectivity index (χ3n) is 4.08. The highest BCUT2D eigenvalue weighted by molar-refractivity contribution is 6.07. The molecule has 0 N–H and O–H groups in total. The molecule has 4 rings (SSSR count). The highest BCUT2D eigenvalue weighted by Crippen LogP contribution is 2.28. The highest BCUT2D eigenvalue weighted by atomic mass is 16.7. The molecule has 3 aromatic carbocycles.